The van der Waals surface area contributed by atoms with Crippen molar-refractivity contribution in [2.24, 2.45) is 7.05 Å². The molecule has 40 heavy (non-hydrogen) atoms. The van der Waals surface area contributed by atoms with E-state index in [1.54, 1.807) is 13.1 Å². The van der Waals surface area contributed by atoms with Crippen LogP contribution < -0.4 is 24.4 Å². The highest BCUT2D eigenvalue weighted by atomic mass is 32.2. The second-order valence-electron chi connectivity index (χ2n) is 9.61. The van der Waals surface area contributed by atoms with Crippen molar-refractivity contribution in [1.82, 2.24) is 25.1 Å². The summed E-state index contributed by atoms with van der Waals surface area (Å²) in [5, 5.41) is 7.30. The maximum Gasteiger partial charge on any atom is 0.267 e. The van der Waals surface area contributed by atoms with Gasteiger partial charge in [0.2, 0.25) is 17.7 Å². The summed E-state index contributed by atoms with van der Waals surface area (Å²) in [5.74, 6) is 1.51. The van der Waals surface area contributed by atoms with E-state index in [-0.39, 0.29) is 28.5 Å². The van der Waals surface area contributed by atoms with E-state index in [2.05, 4.69) is 43.9 Å². The first-order valence-corrected chi connectivity index (χ1v) is 14.7. The van der Waals surface area contributed by atoms with Crippen molar-refractivity contribution in [3.63, 3.8) is 0 Å². The molecule has 0 radical (unpaired) electrons. The van der Waals surface area contributed by atoms with Gasteiger partial charge in [0.1, 0.15) is 16.4 Å². The molecule has 1 fully saturated rings. The summed E-state index contributed by atoms with van der Waals surface area (Å²) in [7, 11) is -2.36. The molecule has 1 atom stereocenters. The van der Waals surface area contributed by atoms with E-state index in [1.807, 2.05) is 48.5 Å². The third kappa shape index (κ3) is 6.52. The lowest BCUT2D eigenvalue weighted by Crippen LogP contribution is -2.43. The molecule has 1 aliphatic rings. The molecule has 4 aromatic rings. The topological polar surface area (TPSA) is 123 Å². The molecule has 0 bridgehead atoms. The molecule has 3 heterocycles. The maximum atomic E-state index is 13.0. The lowest BCUT2D eigenvalue weighted by atomic mass is 9.98. The third-order valence-corrected chi connectivity index (χ3v) is 8.00. The molecular weight excluding hydrogens is 530 g/mol. The zero-order valence-electron chi connectivity index (χ0n) is 22.7. The van der Waals surface area contributed by atoms with Gasteiger partial charge in [-0.25, -0.2) is 13.1 Å². The summed E-state index contributed by atoms with van der Waals surface area (Å²) >= 11 is 0. The average molecular weight is 564 g/mol. The zero-order chi connectivity index (χ0) is 28.1. The summed E-state index contributed by atoms with van der Waals surface area (Å²) in [5.41, 5.74) is 2.12. The van der Waals surface area contributed by atoms with Crippen LogP contribution >= 0.6 is 0 Å². The Kier molecular flexibility index (Phi) is 8.17. The molecule has 2 aromatic carbocycles. The molecule has 0 spiro atoms. The van der Waals surface area contributed by atoms with E-state index in [0.29, 0.717) is 11.5 Å². The molecule has 1 saturated heterocycles. The summed E-state index contributed by atoms with van der Waals surface area (Å²) in [6, 6.07) is 17.0. The highest BCUT2D eigenvalue weighted by molar-refractivity contribution is 7.92. The van der Waals surface area contributed by atoms with Gasteiger partial charge in [-0.15, -0.1) is 0 Å². The lowest BCUT2D eigenvalue weighted by molar-refractivity contribution is 0.430. The van der Waals surface area contributed by atoms with Crippen LogP contribution in [0.2, 0.25) is 0 Å². The number of nitrogens with one attached hydrogen (secondary N) is 2. The number of ether oxygens (including phenoxy) is 2. The summed E-state index contributed by atoms with van der Waals surface area (Å²) in [6.45, 7) is 7.99. The Labute approximate surface area is 234 Å². The lowest BCUT2D eigenvalue weighted by Gasteiger charge is -2.29. The van der Waals surface area contributed by atoms with Crippen molar-refractivity contribution < 1.29 is 17.9 Å². The van der Waals surface area contributed by atoms with Crippen LogP contribution in [0.3, 0.4) is 0 Å². The zero-order valence-corrected chi connectivity index (χ0v) is 23.6. The van der Waals surface area contributed by atoms with Gasteiger partial charge < -0.3 is 19.7 Å². The normalized spacial score (nSPS) is 14.5. The van der Waals surface area contributed by atoms with Crippen LogP contribution in [-0.2, 0) is 17.1 Å². The Morgan fingerprint density at radius 3 is 2.40 bits per heavy atom. The average Bonchev–Trinajstić information content (AvgIpc) is 3.41. The van der Waals surface area contributed by atoms with Crippen molar-refractivity contribution in [2.45, 2.75) is 31.1 Å². The van der Waals surface area contributed by atoms with Gasteiger partial charge >= 0.3 is 0 Å². The fourth-order valence-electron chi connectivity index (χ4n) is 4.35. The molecular formula is C28H33N7O4S. The van der Waals surface area contributed by atoms with Crippen molar-refractivity contribution in [3.8, 4) is 23.3 Å². The van der Waals surface area contributed by atoms with Crippen molar-refractivity contribution in [1.29, 1.82) is 0 Å². The van der Waals surface area contributed by atoms with E-state index in [9.17, 15) is 8.42 Å². The first kappa shape index (κ1) is 27.4. The van der Waals surface area contributed by atoms with Crippen LogP contribution in [0.4, 0.5) is 11.6 Å². The molecule has 0 aliphatic carbocycles. The predicted molar refractivity (Wildman–Crippen MR) is 153 cm³/mol. The predicted octanol–water partition coefficient (Wildman–Crippen LogP) is 4.52. The van der Waals surface area contributed by atoms with E-state index < -0.39 is 10.0 Å². The smallest absolute Gasteiger partial charge is 0.267 e. The van der Waals surface area contributed by atoms with Crippen molar-refractivity contribution in [2.75, 3.05) is 35.8 Å². The number of sulfonamides is 1. The van der Waals surface area contributed by atoms with Gasteiger partial charge in [0.05, 0.1) is 12.3 Å². The molecule has 1 unspecified atom stereocenters. The summed E-state index contributed by atoms with van der Waals surface area (Å²) in [4.78, 5) is 11.0. The number of rotatable bonds is 10. The molecule has 11 nitrogen and oxygen atoms in total. The molecule has 1 aliphatic heterocycles. The molecule has 210 valence electrons. The first-order chi connectivity index (χ1) is 19.3. The van der Waals surface area contributed by atoms with E-state index >= 15 is 0 Å². The SMILES string of the molecule is CCC(C)c1ccccc1Oc1cc(Oc2ccc(N3CCNCC3)cc2)nc(NS(=O)(=O)c2cnn(C)c2)n1. The van der Waals surface area contributed by atoms with Crippen LogP contribution in [0, 0.1) is 0 Å². The third-order valence-electron chi connectivity index (χ3n) is 6.71. The van der Waals surface area contributed by atoms with Crippen molar-refractivity contribution >= 4 is 21.7 Å². The van der Waals surface area contributed by atoms with Gasteiger partial charge in [-0.2, -0.15) is 15.1 Å². The highest BCUT2D eigenvalue weighted by Gasteiger charge is 2.20. The minimum Gasteiger partial charge on any atom is -0.439 e. The maximum absolute atomic E-state index is 13.0. The van der Waals surface area contributed by atoms with Gasteiger partial charge in [-0.3, -0.25) is 4.68 Å². The highest BCUT2D eigenvalue weighted by Crippen LogP contribution is 2.34. The standard InChI is InChI=1S/C28H33N7O4S/c1-4-20(2)24-7-5-6-8-25(24)39-27-17-26(31-28(32-27)33-40(36,37)23-18-30-34(3)19-23)38-22-11-9-21(10-12-22)35-15-13-29-14-16-35/h5-12,17-20,29H,4,13-16H2,1-3H3,(H,31,32,33). The second-order valence-corrected chi connectivity index (χ2v) is 11.3. The summed E-state index contributed by atoms with van der Waals surface area (Å²) < 4.78 is 42.0. The number of para-hydroxylation sites is 1. The van der Waals surface area contributed by atoms with Gasteiger partial charge in [0.15, 0.2) is 0 Å². The molecule has 2 aromatic heterocycles. The molecule has 2 N–H and O–H groups in total. The van der Waals surface area contributed by atoms with E-state index in [0.717, 1.165) is 43.9 Å². The number of nitrogens with zero attached hydrogens (tertiary/aromatic N) is 5. The molecule has 0 saturated carbocycles. The largest absolute Gasteiger partial charge is 0.439 e. The van der Waals surface area contributed by atoms with Crippen LogP contribution in [0.5, 0.6) is 23.3 Å². The number of hydrogen-bond acceptors (Lipinski definition) is 9. The number of benzene rings is 2. The number of aryl methyl sites for hydroxylation is 1. The fourth-order valence-corrected chi connectivity index (χ4v) is 5.28. The number of piperazine rings is 1. The Hall–Kier alpha value is -4.16. The molecule has 5 rings (SSSR count). The van der Waals surface area contributed by atoms with Gasteiger partial charge in [-0.05, 0) is 48.2 Å². The van der Waals surface area contributed by atoms with Crippen LogP contribution in [0.25, 0.3) is 0 Å². The fraction of sp³-hybridized carbons (Fsp3) is 0.321. The Morgan fingerprint density at radius 2 is 1.73 bits per heavy atom. The molecule has 0 amide bonds. The Balaban J connectivity index is 1.45. The van der Waals surface area contributed by atoms with Crippen LogP contribution in [0.1, 0.15) is 31.7 Å². The number of aromatic nitrogens is 4. The molecule has 12 heteroatoms. The Bertz CT molecular complexity index is 1550. The second kappa shape index (κ2) is 11.9. The van der Waals surface area contributed by atoms with E-state index in [1.165, 1.54) is 17.1 Å². The monoisotopic (exact) mass is 563 g/mol. The van der Waals surface area contributed by atoms with E-state index in [4.69, 9.17) is 9.47 Å². The van der Waals surface area contributed by atoms with Gasteiger partial charge in [0, 0.05) is 45.1 Å². The number of anilines is 2. The quantitative estimate of drug-likeness (QED) is 0.287. The first-order valence-electron chi connectivity index (χ1n) is 13.2. The van der Waals surface area contributed by atoms with Crippen molar-refractivity contribution in [3.05, 3.63) is 72.6 Å². The Morgan fingerprint density at radius 1 is 1.02 bits per heavy atom. The van der Waals surface area contributed by atoms with Gasteiger partial charge in [-0.1, -0.05) is 32.0 Å². The van der Waals surface area contributed by atoms with Crippen LogP contribution in [-0.4, -0.2) is 54.3 Å². The number of hydrogen-bond donors (Lipinski definition) is 2. The minimum absolute atomic E-state index is 0.0157. The minimum atomic E-state index is -4.00. The van der Waals surface area contributed by atoms with Crippen LogP contribution in [0.15, 0.2) is 71.9 Å². The van der Waals surface area contributed by atoms with Gasteiger partial charge in [0.25, 0.3) is 10.0 Å². The summed E-state index contributed by atoms with van der Waals surface area (Å²) in [6.07, 6.45) is 3.57.